The van der Waals surface area contributed by atoms with Crippen LogP contribution in [-0.2, 0) is 5.41 Å². The molecule has 4 nitrogen and oxygen atoms in total. The topological polar surface area (TPSA) is 57.2 Å². The highest BCUT2D eigenvalue weighted by molar-refractivity contribution is 7.80. The van der Waals surface area contributed by atoms with Crippen LogP contribution in [0.1, 0.15) is 37.7 Å². The van der Waals surface area contributed by atoms with Crippen LogP contribution in [-0.4, -0.2) is 21.7 Å². The van der Waals surface area contributed by atoms with Gasteiger partial charge in [-0.15, -0.1) is 0 Å². The molecule has 25 heavy (non-hydrogen) atoms. The molecule has 0 aliphatic heterocycles. The Morgan fingerprint density at radius 3 is 2.72 bits per heavy atom. The molecule has 6 heteroatoms. The number of pyridine rings is 1. The minimum atomic E-state index is 0.0288. The summed E-state index contributed by atoms with van der Waals surface area (Å²) in [7, 11) is 0. The van der Waals surface area contributed by atoms with Crippen LogP contribution in [0.15, 0.2) is 42.6 Å². The van der Waals surface area contributed by atoms with E-state index in [9.17, 15) is 5.11 Å². The van der Waals surface area contributed by atoms with Crippen molar-refractivity contribution in [3.8, 4) is 5.75 Å². The molecule has 0 amide bonds. The van der Waals surface area contributed by atoms with Gasteiger partial charge in [-0.05, 0) is 54.9 Å². The Morgan fingerprint density at radius 1 is 1.20 bits per heavy atom. The van der Waals surface area contributed by atoms with E-state index in [-0.39, 0.29) is 11.2 Å². The lowest BCUT2D eigenvalue weighted by Gasteiger charge is -2.38. The number of nitrogens with one attached hydrogen (secondary N) is 2. The molecule has 1 aromatic carbocycles. The van der Waals surface area contributed by atoms with Crippen LogP contribution in [0.4, 0.5) is 5.82 Å². The lowest BCUT2D eigenvalue weighted by atomic mass is 9.69. The van der Waals surface area contributed by atoms with Gasteiger partial charge in [0.15, 0.2) is 16.7 Å². The molecule has 1 fully saturated rings. The number of anilines is 1. The van der Waals surface area contributed by atoms with Gasteiger partial charge in [-0.2, -0.15) is 0 Å². The Bertz CT molecular complexity index is 747. The van der Waals surface area contributed by atoms with Crippen molar-refractivity contribution >= 4 is 34.7 Å². The Morgan fingerprint density at radius 2 is 2.00 bits per heavy atom. The van der Waals surface area contributed by atoms with Crippen molar-refractivity contribution in [2.45, 2.75) is 37.5 Å². The lowest BCUT2D eigenvalue weighted by Crippen LogP contribution is -2.43. The third kappa shape index (κ3) is 4.41. The predicted octanol–water partition coefficient (Wildman–Crippen LogP) is 4.63. The maximum Gasteiger partial charge on any atom is 0.174 e. The Kier molecular flexibility index (Phi) is 5.76. The number of hydrogen-bond donors (Lipinski definition) is 3. The van der Waals surface area contributed by atoms with E-state index >= 15 is 0 Å². The van der Waals surface area contributed by atoms with Gasteiger partial charge in [-0.25, -0.2) is 4.98 Å². The second kappa shape index (κ2) is 8.02. The minimum absolute atomic E-state index is 0.0288. The lowest BCUT2D eigenvalue weighted by molar-refractivity contribution is 0.292. The van der Waals surface area contributed by atoms with Crippen molar-refractivity contribution in [2.24, 2.45) is 0 Å². The molecular formula is C19H22ClN3OS. The summed E-state index contributed by atoms with van der Waals surface area (Å²) < 4.78 is 0. The van der Waals surface area contributed by atoms with E-state index in [2.05, 4.69) is 27.8 Å². The van der Waals surface area contributed by atoms with Gasteiger partial charge in [-0.3, -0.25) is 0 Å². The summed E-state index contributed by atoms with van der Waals surface area (Å²) in [6.45, 7) is 0.729. The van der Waals surface area contributed by atoms with E-state index in [4.69, 9.17) is 23.8 Å². The molecule has 3 rings (SSSR count). The van der Waals surface area contributed by atoms with E-state index in [0.29, 0.717) is 10.9 Å². The summed E-state index contributed by atoms with van der Waals surface area (Å²) in [5.74, 6) is 0.439. The molecule has 1 aliphatic rings. The first kappa shape index (κ1) is 18.0. The molecule has 0 unspecified atom stereocenters. The molecule has 1 heterocycles. The number of benzene rings is 1. The monoisotopic (exact) mass is 375 g/mol. The van der Waals surface area contributed by atoms with Crippen LogP contribution < -0.4 is 10.6 Å². The van der Waals surface area contributed by atoms with Crippen LogP contribution in [0.2, 0.25) is 5.02 Å². The average molecular weight is 376 g/mol. The number of thiocarbonyl (C=S) groups is 1. The molecule has 132 valence electrons. The smallest absolute Gasteiger partial charge is 0.174 e. The van der Waals surface area contributed by atoms with Crippen molar-refractivity contribution < 1.29 is 5.11 Å². The Balaban J connectivity index is 1.71. The molecule has 0 saturated heterocycles. The van der Waals surface area contributed by atoms with E-state index in [1.807, 2.05) is 12.1 Å². The zero-order valence-electron chi connectivity index (χ0n) is 14.0. The zero-order chi connectivity index (χ0) is 17.7. The van der Waals surface area contributed by atoms with Gasteiger partial charge >= 0.3 is 0 Å². The third-order valence-electron chi connectivity index (χ3n) is 4.85. The predicted molar refractivity (Wildman–Crippen MR) is 106 cm³/mol. The first-order chi connectivity index (χ1) is 12.1. The van der Waals surface area contributed by atoms with Crippen molar-refractivity contribution in [3.63, 3.8) is 0 Å². The molecule has 1 aliphatic carbocycles. The van der Waals surface area contributed by atoms with Gasteiger partial charge in [0.25, 0.3) is 0 Å². The van der Waals surface area contributed by atoms with Crippen molar-refractivity contribution in [3.05, 3.63) is 53.2 Å². The van der Waals surface area contributed by atoms with E-state index in [1.54, 1.807) is 18.3 Å². The first-order valence-corrected chi connectivity index (χ1v) is 9.33. The standard InChI is InChI=1S/C19H22ClN3OS/c20-15-7-4-6-14(12-15)19(9-2-1-3-10-19)13-22-18(25)23-17-16(24)8-5-11-21-17/h4-8,11-12,24H,1-3,9-10,13H2,(H2,21,22,23,25). The van der Waals surface area contributed by atoms with Crippen LogP contribution in [0.25, 0.3) is 0 Å². The van der Waals surface area contributed by atoms with Crippen LogP contribution in [0.5, 0.6) is 5.75 Å². The summed E-state index contributed by atoms with van der Waals surface area (Å²) >= 11 is 11.6. The van der Waals surface area contributed by atoms with Crippen LogP contribution >= 0.6 is 23.8 Å². The number of aromatic hydroxyl groups is 1. The molecule has 3 N–H and O–H groups in total. The van der Waals surface area contributed by atoms with Crippen LogP contribution in [0, 0.1) is 0 Å². The van der Waals surface area contributed by atoms with Gasteiger partial charge in [0.2, 0.25) is 0 Å². The fraction of sp³-hybridized carbons (Fsp3) is 0.368. The number of halogens is 1. The van der Waals surface area contributed by atoms with Gasteiger partial charge in [0, 0.05) is 23.2 Å². The summed E-state index contributed by atoms with van der Waals surface area (Å²) in [6.07, 6.45) is 7.51. The molecule has 1 aromatic heterocycles. The SMILES string of the molecule is Oc1cccnc1NC(=S)NCC1(c2cccc(Cl)c2)CCCCC1. The summed E-state index contributed by atoms with van der Waals surface area (Å²) in [4.78, 5) is 4.09. The van der Waals surface area contributed by atoms with Crippen LogP contribution in [0.3, 0.4) is 0 Å². The van der Waals surface area contributed by atoms with Gasteiger partial charge in [0.05, 0.1) is 0 Å². The molecule has 0 radical (unpaired) electrons. The Hall–Kier alpha value is -1.85. The number of aromatic nitrogens is 1. The molecule has 1 saturated carbocycles. The highest BCUT2D eigenvalue weighted by atomic mass is 35.5. The fourth-order valence-corrected chi connectivity index (χ4v) is 3.87. The Labute approximate surface area is 158 Å². The third-order valence-corrected chi connectivity index (χ3v) is 5.33. The highest BCUT2D eigenvalue weighted by Gasteiger charge is 2.34. The van der Waals surface area contributed by atoms with Gasteiger partial charge in [-0.1, -0.05) is 43.0 Å². The first-order valence-electron chi connectivity index (χ1n) is 8.54. The summed E-state index contributed by atoms with van der Waals surface area (Å²) in [6, 6.07) is 11.4. The molecule has 0 bridgehead atoms. The highest BCUT2D eigenvalue weighted by Crippen LogP contribution is 2.39. The zero-order valence-corrected chi connectivity index (χ0v) is 15.5. The van der Waals surface area contributed by atoms with Crippen molar-refractivity contribution in [1.82, 2.24) is 10.3 Å². The second-order valence-corrected chi connectivity index (χ2v) is 7.37. The minimum Gasteiger partial charge on any atom is -0.504 e. The molecule has 2 aromatic rings. The summed E-state index contributed by atoms with van der Waals surface area (Å²) in [5, 5.41) is 17.3. The average Bonchev–Trinajstić information content (AvgIpc) is 2.63. The van der Waals surface area contributed by atoms with Crippen molar-refractivity contribution in [2.75, 3.05) is 11.9 Å². The normalized spacial score (nSPS) is 16.2. The molecular weight excluding hydrogens is 354 g/mol. The second-order valence-electron chi connectivity index (χ2n) is 6.53. The van der Waals surface area contributed by atoms with Crippen molar-refractivity contribution in [1.29, 1.82) is 0 Å². The maximum atomic E-state index is 9.81. The van der Waals surface area contributed by atoms with Gasteiger partial charge < -0.3 is 15.7 Å². The molecule has 0 spiro atoms. The fourth-order valence-electron chi connectivity index (χ4n) is 3.51. The molecule has 0 atom stereocenters. The number of nitrogens with zero attached hydrogens (tertiary/aromatic N) is 1. The van der Waals surface area contributed by atoms with E-state index in [0.717, 1.165) is 24.4 Å². The number of rotatable bonds is 4. The van der Waals surface area contributed by atoms with E-state index < -0.39 is 0 Å². The number of hydrogen-bond acceptors (Lipinski definition) is 3. The quantitative estimate of drug-likeness (QED) is 0.680. The maximum absolute atomic E-state index is 9.81. The van der Waals surface area contributed by atoms with E-state index in [1.165, 1.54) is 24.8 Å². The summed E-state index contributed by atoms with van der Waals surface area (Å²) in [5.41, 5.74) is 1.29. The largest absolute Gasteiger partial charge is 0.504 e. The van der Waals surface area contributed by atoms with Gasteiger partial charge in [0.1, 0.15) is 0 Å².